The summed E-state index contributed by atoms with van der Waals surface area (Å²) in [5.41, 5.74) is 9.03. The van der Waals surface area contributed by atoms with Crippen molar-refractivity contribution in [3.8, 4) is 0 Å². The number of benzene rings is 2. The fourth-order valence-corrected chi connectivity index (χ4v) is 3.40. The second kappa shape index (κ2) is 9.46. The maximum absolute atomic E-state index is 6.34. The molecule has 1 unspecified atom stereocenters. The normalized spacial score (nSPS) is 13.6. The molecule has 0 radical (unpaired) electrons. The summed E-state index contributed by atoms with van der Waals surface area (Å²) in [4.78, 5) is 4.16. The minimum Gasteiger partial charge on any atom is -0.328 e. The summed E-state index contributed by atoms with van der Waals surface area (Å²) in [6, 6.07) is 19.9. The Kier molecular flexibility index (Phi) is 6.75. The van der Waals surface area contributed by atoms with E-state index in [9.17, 15) is 0 Å². The molecule has 3 nitrogen and oxygen atoms in total. The highest BCUT2D eigenvalue weighted by atomic mass is 14.9. The zero-order valence-corrected chi connectivity index (χ0v) is 15.6. The predicted molar refractivity (Wildman–Crippen MR) is 110 cm³/mol. The molecule has 0 spiro atoms. The smallest absolute Gasteiger partial charge is 0.0346 e. The van der Waals surface area contributed by atoms with Crippen LogP contribution in [0.4, 0.5) is 0 Å². The van der Waals surface area contributed by atoms with E-state index >= 15 is 0 Å². The van der Waals surface area contributed by atoms with Crippen molar-refractivity contribution >= 4 is 10.8 Å². The van der Waals surface area contributed by atoms with E-state index in [1.165, 1.54) is 21.9 Å². The van der Waals surface area contributed by atoms with Crippen molar-refractivity contribution in [3.05, 3.63) is 78.1 Å². The highest BCUT2D eigenvalue weighted by molar-refractivity contribution is 5.81. The van der Waals surface area contributed by atoms with Crippen molar-refractivity contribution in [3.63, 3.8) is 0 Å². The molecule has 0 fully saturated rings. The third kappa shape index (κ3) is 5.65. The van der Waals surface area contributed by atoms with Crippen LogP contribution in [0.2, 0.25) is 0 Å². The van der Waals surface area contributed by atoms with Crippen LogP contribution in [0, 0.1) is 0 Å². The van der Waals surface area contributed by atoms with E-state index in [4.69, 9.17) is 5.73 Å². The first kappa shape index (κ1) is 18.6. The summed E-state index contributed by atoms with van der Waals surface area (Å²) < 4.78 is 0. The minimum absolute atomic E-state index is 0.254. The molecule has 0 saturated carbocycles. The Morgan fingerprint density at radius 3 is 2.69 bits per heavy atom. The Balaban J connectivity index is 1.39. The van der Waals surface area contributed by atoms with Crippen LogP contribution < -0.4 is 11.1 Å². The fourth-order valence-electron chi connectivity index (χ4n) is 3.40. The van der Waals surface area contributed by atoms with Crippen molar-refractivity contribution in [2.75, 3.05) is 0 Å². The van der Waals surface area contributed by atoms with Gasteiger partial charge >= 0.3 is 0 Å². The summed E-state index contributed by atoms with van der Waals surface area (Å²) in [7, 11) is 0. The number of nitrogens with one attached hydrogen (secondary N) is 1. The van der Waals surface area contributed by atoms with Crippen LogP contribution in [-0.2, 0) is 13.0 Å². The summed E-state index contributed by atoms with van der Waals surface area (Å²) >= 11 is 0. The average molecular weight is 348 g/mol. The first-order valence-corrected chi connectivity index (χ1v) is 9.56. The van der Waals surface area contributed by atoms with E-state index in [1.54, 1.807) is 0 Å². The third-order valence-electron chi connectivity index (χ3n) is 4.90. The van der Waals surface area contributed by atoms with E-state index in [1.807, 2.05) is 12.4 Å². The van der Waals surface area contributed by atoms with Gasteiger partial charge in [0.25, 0.3) is 0 Å². The third-order valence-corrected chi connectivity index (χ3v) is 4.90. The number of pyridine rings is 1. The molecule has 0 saturated heterocycles. The lowest BCUT2D eigenvalue weighted by molar-refractivity contribution is 0.440. The number of nitrogens with zero attached hydrogens (tertiary/aromatic N) is 1. The molecule has 0 amide bonds. The lowest BCUT2D eigenvalue weighted by Crippen LogP contribution is -2.33. The largest absolute Gasteiger partial charge is 0.328 e. The van der Waals surface area contributed by atoms with Gasteiger partial charge in [-0.25, -0.2) is 0 Å². The van der Waals surface area contributed by atoms with Crippen molar-refractivity contribution < 1.29 is 0 Å². The molecule has 136 valence electrons. The van der Waals surface area contributed by atoms with E-state index in [-0.39, 0.29) is 6.04 Å². The van der Waals surface area contributed by atoms with Gasteiger partial charge < -0.3 is 11.1 Å². The number of nitrogens with two attached hydrogens (primary N) is 1. The summed E-state index contributed by atoms with van der Waals surface area (Å²) in [5.74, 6) is 0. The van der Waals surface area contributed by atoms with Gasteiger partial charge in [-0.15, -0.1) is 0 Å². The van der Waals surface area contributed by atoms with Gasteiger partial charge in [0.2, 0.25) is 0 Å². The van der Waals surface area contributed by atoms with Gasteiger partial charge in [-0.2, -0.15) is 0 Å². The highest BCUT2D eigenvalue weighted by Gasteiger charge is 2.09. The molecular weight excluding hydrogens is 318 g/mol. The monoisotopic (exact) mass is 347 g/mol. The van der Waals surface area contributed by atoms with E-state index in [2.05, 4.69) is 71.8 Å². The predicted octanol–water partition coefficient (Wildman–Crippen LogP) is 4.45. The Bertz CT molecular complexity index is 801. The molecule has 0 aliphatic heterocycles. The number of hydrogen-bond donors (Lipinski definition) is 2. The van der Waals surface area contributed by atoms with E-state index in [0.29, 0.717) is 6.04 Å². The van der Waals surface area contributed by atoms with Crippen molar-refractivity contribution in [2.45, 2.75) is 51.2 Å². The maximum Gasteiger partial charge on any atom is 0.0346 e. The lowest BCUT2D eigenvalue weighted by Gasteiger charge is -2.19. The van der Waals surface area contributed by atoms with Gasteiger partial charge in [0.15, 0.2) is 0 Å². The number of rotatable bonds is 9. The second-order valence-electron chi connectivity index (χ2n) is 7.21. The van der Waals surface area contributed by atoms with Gasteiger partial charge in [0.1, 0.15) is 0 Å². The summed E-state index contributed by atoms with van der Waals surface area (Å²) in [5, 5.41) is 6.03. The second-order valence-corrected chi connectivity index (χ2v) is 7.21. The molecule has 3 aromatic rings. The molecule has 0 aliphatic carbocycles. The Morgan fingerprint density at radius 2 is 1.85 bits per heavy atom. The van der Waals surface area contributed by atoms with Crippen LogP contribution in [0.25, 0.3) is 10.8 Å². The molecule has 2 aromatic carbocycles. The van der Waals surface area contributed by atoms with Crippen LogP contribution in [-0.4, -0.2) is 17.1 Å². The minimum atomic E-state index is 0.254. The van der Waals surface area contributed by atoms with E-state index < -0.39 is 0 Å². The standard InChI is InChI=1S/C23H29N3/c1-18(14-23(24)9-5-8-19-6-3-2-4-7-19)26-16-20-10-11-22-17-25-13-12-21(22)15-20/h2-4,6-7,10-13,15,17-18,23,26H,5,8-9,14,16,24H2,1H3/t18-,23?/m1/s1. The molecule has 26 heavy (non-hydrogen) atoms. The molecule has 3 heteroatoms. The summed E-state index contributed by atoms with van der Waals surface area (Å²) in [6.45, 7) is 3.10. The van der Waals surface area contributed by atoms with Gasteiger partial charge in [-0.3, -0.25) is 4.98 Å². The first-order chi connectivity index (χ1) is 12.7. The molecular formula is C23H29N3. The molecule has 3 rings (SSSR count). The molecule has 1 heterocycles. The van der Waals surface area contributed by atoms with Crippen LogP contribution in [0.5, 0.6) is 0 Å². The van der Waals surface area contributed by atoms with Crippen LogP contribution >= 0.6 is 0 Å². The molecule has 2 atom stereocenters. The van der Waals surface area contributed by atoms with Gasteiger partial charge in [-0.05, 0) is 61.3 Å². The fraction of sp³-hybridized carbons (Fsp3) is 0.348. The van der Waals surface area contributed by atoms with Crippen molar-refractivity contribution in [1.29, 1.82) is 0 Å². The SMILES string of the molecule is C[C@H](CC(N)CCCc1ccccc1)NCc1ccc2cnccc2c1. The lowest BCUT2D eigenvalue weighted by atomic mass is 10.0. The van der Waals surface area contributed by atoms with Crippen LogP contribution in [0.1, 0.15) is 37.3 Å². The zero-order chi connectivity index (χ0) is 18.2. The number of fused-ring (bicyclic) bond motifs is 1. The van der Waals surface area contributed by atoms with Gasteiger partial charge in [0, 0.05) is 36.4 Å². The highest BCUT2D eigenvalue weighted by Crippen LogP contribution is 2.15. The number of aromatic nitrogens is 1. The Labute approximate surface area is 156 Å². The molecule has 0 aliphatic rings. The quantitative estimate of drug-likeness (QED) is 0.601. The molecule has 0 bridgehead atoms. The molecule has 3 N–H and O–H groups in total. The maximum atomic E-state index is 6.34. The Morgan fingerprint density at radius 1 is 1.00 bits per heavy atom. The topological polar surface area (TPSA) is 50.9 Å². The van der Waals surface area contributed by atoms with E-state index in [0.717, 1.165) is 32.2 Å². The average Bonchev–Trinajstić information content (AvgIpc) is 2.67. The van der Waals surface area contributed by atoms with Gasteiger partial charge in [0.05, 0.1) is 0 Å². The first-order valence-electron chi connectivity index (χ1n) is 9.56. The van der Waals surface area contributed by atoms with Crippen LogP contribution in [0.3, 0.4) is 0 Å². The summed E-state index contributed by atoms with van der Waals surface area (Å²) in [6.07, 6.45) is 8.09. The van der Waals surface area contributed by atoms with Crippen molar-refractivity contribution in [2.24, 2.45) is 5.73 Å². The number of aryl methyl sites for hydroxylation is 1. The molecule has 1 aromatic heterocycles. The number of hydrogen-bond acceptors (Lipinski definition) is 3. The Hall–Kier alpha value is -2.23. The van der Waals surface area contributed by atoms with Gasteiger partial charge in [-0.1, -0.05) is 42.5 Å². The van der Waals surface area contributed by atoms with Crippen LogP contribution in [0.15, 0.2) is 67.0 Å². The van der Waals surface area contributed by atoms with Crippen molar-refractivity contribution in [1.82, 2.24) is 10.3 Å². The zero-order valence-electron chi connectivity index (χ0n) is 15.6.